The van der Waals surface area contributed by atoms with Gasteiger partial charge in [0.2, 0.25) is 5.91 Å². The van der Waals surface area contributed by atoms with Gasteiger partial charge in [-0.15, -0.1) is 0 Å². The van der Waals surface area contributed by atoms with Crippen molar-refractivity contribution < 1.29 is 4.79 Å². The molecule has 98 valence electrons. The monoisotopic (exact) mass is 238 g/mol. The fraction of sp³-hybridized carbons (Fsp3) is 0.929. The van der Waals surface area contributed by atoms with Gasteiger partial charge < -0.3 is 11.1 Å². The summed E-state index contributed by atoms with van der Waals surface area (Å²) in [5.74, 6) is 1.19. The standard InChI is InChI=1S/C14H26N2O/c1-14(2,11-5-3-4-6-11)9-16-13(17)10-7-12(15)8-10/h10-12H,3-9,15H2,1-2H3,(H,16,17). The van der Waals surface area contributed by atoms with E-state index in [4.69, 9.17) is 5.73 Å². The summed E-state index contributed by atoms with van der Waals surface area (Å²) in [5, 5.41) is 3.13. The normalized spacial score (nSPS) is 30.1. The summed E-state index contributed by atoms with van der Waals surface area (Å²) in [6.45, 7) is 5.40. The van der Waals surface area contributed by atoms with Crippen molar-refractivity contribution in [2.45, 2.75) is 58.4 Å². The molecule has 2 saturated carbocycles. The predicted octanol–water partition coefficient (Wildman–Crippen LogP) is 2.06. The van der Waals surface area contributed by atoms with Gasteiger partial charge in [0.1, 0.15) is 0 Å². The first-order valence-corrected chi connectivity index (χ1v) is 7.02. The van der Waals surface area contributed by atoms with E-state index in [1.807, 2.05) is 0 Å². The molecule has 2 fully saturated rings. The van der Waals surface area contributed by atoms with Gasteiger partial charge in [0.05, 0.1) is 0 Å². The summed E-state index contributed by atoms with van der Waals surface area (Å²) >= 11 is 0. The van der Waals surface area contributed by atoms with E-state index in [2.05, 4.69) is 19.2 Å². The van der Waals surface area contributed by atoms with Crippen LogP contribution in [0.3, 0.4) is 0 Å². The number of amides is 1. The van der Waals surface area contributed by atoms with E-state index < -0.39 is 0 Å². The second-order valence-electron chi connectivity index (χ2n) is 6.62. The molecule has 0 heterocycles. The van der Waals surface area contributed by atoms with Crippen molar-refractivity contribution in [3.63, 3.8) is 0 Å². The average molecular weight is 238 g/mol. The number of hydrogen-bond donors (Lipinski definition) is 2. The number of carbonyl (C=O) groups excluding carboxylic acids is 1. The van der Waals surface area contributed by atoms with Gasteiger partial charge in [-0.2, -0.15) is 0 Å². The molecule has 0 saturated heterocycles. The van der Waals surface area contributed by atoms with Crippen molar-refractivity contribution in [2.24, 2.45) is 23.0 Å². The molecule has 0 aromatic carbocycles. The van der Waals surface area contributed by atoms with E-state index in [-0.39, 0.29) is 23.3 Å². The maximum absolute atomic E-state index is 11.9. The summed E-state index contributed by atoms with van der Waals surface area (Å²) in [4.78, 5) is 11.9. The van der Waals surface area contributed by atoms with Gasteiger partial charge in [0.15, 0.2) is 0 Å². The van der Waals surface area contributed by atoms with E-state index in [0.29, 0.717) is 0 Å². The summed E-state index contributed by atoms with van der Waals surface area (Å²) in [6, 6.07) is 0.258. The van der Waals surface area contributed by atoms with Crippen LogP contribution in [0.1, 0.15) is 52.4 Å². The van der Waals surface area contributed by atoms with Crippen LogP contribution in [-0.2, 0) is 4.79 Å². The smallest absolute Gasteiger partial charge is 0.223 e. The Morgan fingerprint density at radius 2 is 1.88 bits per heavy atom. The molecule has 2 aliphatic carbocycles. The molecule has 2 aliphatic rings. The summed E-state index contributed by atoms with van der Waals surface area (Å²) in [5.41, 5.74) is 5.96. The van der Waals surface area contributed by atoms with Crippen molar-refractivity contribution >= 4 is 5.91 Å². The topological polar surface area (TPSA) is 55.1 Å². The van der Waals surface area contributed by atoms with Crippen LogP contribution in [0.15, 0.2) is 0 Å². The van der Waals surface area contributed by atoms with Crippen molar-refractivity contribution in [2.75, 3.05) is 6.54 Å². The van der Waals surface area contributed by atoms with Crippen molar-refractivity contribution in [3.05, 3.63) is 0 Å². The van der Waals surface area contributed by atoms with Crippen LogP contribution >= 0.6 is 0 Å². The van der Waals surface area contributed by atoms with Crippen molar-refractivity contribution in [1.82, 2.24) is 5.32 Å². The molecule has 0 aromatic rings. The Balaban J connectivity index is 1.74. The largest absolute Gasteiger partial charge is 0.355 e. The zero-order chi connectivity index (χ0) is 12.5. The lowest BCUT2D eigenvalue weighted by molar-refractivity contribution is -0.128. The first-order valence-electron chi connectivity index (χ1n) is 7.02. The fourth-order valence-corrected chi connectivity index (χ4v) is 3.19. The molecule has 3 nitrogen and oxygen atoms in total. The lowest BCUT2D eigenvalue weighted by Gasteiger charge is -2.35. The van der Waals surface area contributed by atoms with Crippen LogP contribution in [0.4, 0.5) is 0 Å². The third kappa shape index (κ3) is 3.01. The third-order valence-corrected chi connectivity index (χ3v) is 4.72. The van der Waals surface area contributed by atoms with Crippen LogP contribution in [0.2, 0.25) is 0 Å². The Bertz CT molecular complexity index is 276. The molecule has 0 aliphatic heterocycles. The zero-order valence-electron chi connectivity index (χ0n) is 11.2. The van der Waals surface area contributed by atoms with E-state index in [9.17, 15) is 4.79 Å². The maximum Gasteiger partial charge on any atom is 0.223 e. The molecule has 2 rings (SSSR count). The Hall–Kier alpha value is -0.570. The Labute approximate surface area is 105 Å². The van der Waals surface area contributed by atoms with Crippen LogP contribution < -0.4 is 11.1 Å². The van der Waals surface area contributed by atoms with Crippen LogP contribution in [0.25, 0.3) is 0 Å². The Morgan fingerprint density at radius 1 is 1.29 bits per heavy atom. The molecule has 0 aromatic heterocycles. The van der Waals surface area contributed by atoms with Crippen molar-refractivity contribution in [3.8, 4) is 0 Å². The number of nitrogens with two attached hydrogens (primary N) is 1. The van der Waals surface area contributed by atoms with Gasteiger partial charge in [-0.1, -0.05) is 26.7 Å². The quantitative estimate of drug-likeness (QED) is 0.787. The average Bonchev–Trinajstić information content (AvgIpc) is 2.75. The van der Waals surface area contributed by atoms with Gasteiger partial charge in [0, 0.05) is 18.5 Å². The minimum Gasteiger partial charge on any atom is -0.355 e. The highest BCUT2D eigenvalue weighted by molar-refractivity contribution is 5.79. The van der Waals surface area contributed by atoms with Gasteiger partial charge in [-0.25, -0.2) is 0 Å². The molecule has 0 spiro atoms. The molecule has 0 unspecified atom stereocenters. The molecule has 1 amide bonds. The van der Waals surface area contributed by atoms with Gasteiger partial charge in [0.25, 0.3) is 0 Å². The Kier molecular flexibility index (Phi) is 3.76. The molecule has 17 heavy (non-hydrogen) atoms. The van der Waals surface area contributed by atoms with Gasteiger partial charge in [-0.05, 0) is 37.0 Å². The first-order chi connectivity index (χ1) is 7.99. The number of hydrogen-bond acceptors (Lipinski definition) is 2. The third-order valence-electron chi connectivity index (χ3n) is 4.72. The summed E-state index contributed by atoms with van der Waals surface area (Å²) in [6.07, 6.45) is 7.12. The van der Waals surface area contributed by atoms with Crippen LogP contribution in [0, 0.1) is 17.3 Å². The highest BCUT2D eigenvalue weighted by Crippen LogP contribution is 2.39. The summed E-state index contributed by atoms with van der Waals surface area (Å²) in [7, 11) is 0. The molecular formula is C14H26N2O. The zero-order valence-corrected chi connectivity index (χ0v) is 11.2. The lowest BCUT2D eigenvalue weighted by atomic mass is 9.77. The minimum absolute atomic E-state index is 0.185. The maximum atomic E-state index is 11.9. The molecular weight excluding hydrogens is 212 g/mol. The lowest BCUT2D eigenvalue weighted by Crippen LogP contribution is -2.47. The molecule has 0 radical (unpaired) electrons. The molecule has 0 atom stereocenters. The van der Waals surface area contributed by atoms with Gasteiger partial charge in [-0.3, -0.25) is 4.79 Å². The Morgan fingerprint density at radius 3 is 2.41 bits per heavy atom. The summed E-state index contributed by atoms with van der Waals surface area (Å²) < 4.78 is 0. The van der Waals surface area contributed by atoms with Crippen LogP contribution in [0.5, 0.6) is 0 Å². The molecule has 3 heteroatoms. The van der Waals surface area contributed by atoms with Crippen molar-refractivity contribution in [1.29, 1.82) is 0 Å². The highest BCUT2D eigenvalue weighted by Gasteiger charge is 2.35. The minimum atomic E-state index is 0.185. The molecule has 0 bridgehead atoms. The first kappa shape index (κ1) is 12.9. The second-order valence-corrected chi connectivity index (χ2v) is 6.62. The fourth-order valence-electron chi connectivity index (χ4n) is 3.19. The predicted molar refractivity (Wildman–Crippen MR) is 69.4 cm³/mol. The molecule has 3 N–H and O–H groups in total. The van der Waals surface area contributed by atoms with E-state index in [1.165, 1.54) is 25.7 Å². The SMILES string of the molecule is CC(C)(CNC(=O)C1CC(N)C1)C1CCCC1. The number of rotatable bonds is 4. The van der Waals surface area contributed by atoms with E-state index >= 15 is 0 Å². The second kappa shape index (κ2) is 4.97. The van der Waals surface area contributed by atoms with Crippen LogP contribution in [-0.4, -0.2) is 18.5 Å². The van der Waals surface area contributed by atoms with E-state index in [0.717, 1.165) is 25.3 Å². The van der Waals surface area contributed by atoms with E-state index in [1.54, 1.807) is 0 Å². The number of carbonyl (C=O) groups is 1. The van der Waals surface area contributed by atoms with Gasteiger partial charge >= 0.3 is 0 Å². The highest BCUT2D eigenvalue weighted by atomic mass is 16.1. The number of nitrogens with one attached hydrogen (secondary N) is 1.